The van der Waals surface area contributed by atoms with Gasteiger partial charge in [0.05, 0.1) is 6.61 Å². The van der Waals surface area contributed by atoms with Crippen LogP contribution in [0.2, 0.25) is 0 Å². The Morgan fingerprint density at radius 1 is 1.26 bits per heavy atom. The van der Waals surface area contributed by atoms with E-state index in [-0.39, 0.29) is 18.2 Å². The molecule has 4 nitrogen and oxygen atoms in total. The highest BCUT2D eigenvalue weighted by Crippen LogP contribution is 2.45. The Labute approximate surface area is 165 Å². The molecule has 0 amide bonds. The van der Waals surface area contributed by atoms with Crippen molar-refractivity contribution in [1.29, 1.82) is 0 Å². The predicted molar refractivity (Wildman–Crippen MR) is 105 cm³/mol. The summed E-state index contributed by atoms with van der Waals surface area (Å²) in [6.45, 7) is 2.84. The van der Waals surface area contributed by atoms with Crippen LogP contribution in [-0.4, -0.2) is 35.6 Å². The third-order valence-electron chi connectivity index (χ3n) is 5.30. The van der Waals surface area contributed by atoms with E-state index in [1.807, 2.05) is 24.1 Å². The quantitative estimate of drug-likeness (QED) is 0.765. The second-order valence-electron chi connectivity index (χ2n) is 6.88. The van der Waals surface area contributed by atoms with Gasteiger partial charge in [0.2, 0.25) is 0 Å². The topological polar surface area (TPSA) is 49.8 Å². The molecule has 1 heterocycles. The standard InChI is InChI=1S/C21H24FNO3.ClH/c1-15(20(24)25)23(2)13-5-12-21(17-8-10-18(22)11-9-17)19-7-4-3-6-16(19)14-26-21;/h3-4,6-11,15H,5,12-14H2,1-2H3,(H,24,25);1H/t15-,21?;/m0./s1. The molecule has 1 aliphatic rings. The summed E-state index contributed by atoms with van der Waals surface area (Å²) in [5, 5.41) is 9.15. The number of carbonyl (C=O) groups is 1. The van der Waals surface area contributed by atoms with E-state index in [2.05, 4.69) is 12.1 Å². The Balaban J connectivity index is 0.00000261. The van der Waals surface area contributed by atoms with Crippen molar-refractivity contribution in [3.63, 3.8) is 0 Å². The Kier molecular flexibility index (Phi) is 6.98. The highest BCUT2D eigenvalue weighted by atomic mass is 35.5. The molecule has 1 aliphatic heterocycles. The predicted octanol–water partition coefficient (Wildman–Crippen LogP) is 4.21. The van der Waals surface area contributed by atoms with Crippen molar-refractivity contribution in [2.45, 2.75) is 38.0 Å². The van der Waals surface area contributed by atoms with E-state index < -0.39 is 17.6 Å². The molecule has 0 saturated heterocycles. The molecule has 27 heavy (non-hydrogen) atoms. The Hall–Kier alpha value is -1.95. The second-order valence-corrected chi connectivity index (χ2v) is 6.88. The Morgan fingerprint density at radius 2 is 1.93 bits per heavy atom. The van der Waals surface area contributed by atoms with Gasteiger partial charge in [0.25, 0.3) is 0 Å². The van der Waals surface area contributed by atoms with Gasteiger partial charge in [0.15, 0.2) is 0 Å². The fourth-order valence-electron chi connectivity index (χ4n) is 3.59. The molecule has 1 N–H and O–H groups in total. The summed E-state index contributed by atoms with van der Waals surface area (Å²) in [7, 11) is 1.81. The molecule has 0 fully saturated rings. The van der Waals surface area contributed by atoms with Gasteiger partial charge in [0, 0.05) is 0 Å². The van der Waals surface area contributed by atoms with Gasteiger partial charge < -0.3 is 9.84 Å². The number of hydrogen-bond acceptors (Lipinski definition) is 3. The van der Waals surface area contributed by atoms with Crippen molar-refractivity contribution in [1.82, 2.24) is 4.90 Å². The summed E-state index contributed by atoms with van der Waals surface area (Å²) in [5.41, 5.74) is 2.57. The minimum Gasteiger partial charge on any atom is -0.480 e. The number of nitrogens with zero attached hydrogens (tertiary/aromatic N) is 1. The molecule has 2 atom stereocenters. The maximum Gasteiger partial charge on any atom is 0.320 e. The normalized spacial score (nSPS) is 19.4. The number of benzene rings is 2. The third kappa shape index (κ3) is 4.32. The summed E-state index contributed by atoms with van der Waals surface area (Å²) in [5.74, 6) is -1.10. The van der Waals surface area contributed by atoms with Crippen LogP contribution in [0.4, 0.5) is 4.39 Å². The molecule has 6 heteroatoms. The number of halogens is 2. The molecule has 0 bridgehead atoms. The van der Waals surface area contributed by atoms with Gasteiger partial charge in [-0.3, -0.25) is 9.69 Å². The molecule has 0 spiro atoms. The summed E-state index contributed by atoms with van der Waals surface area (Å²) >= 11 is 0. The number of ether oxygens (including phenoxy) is 1. The first-order valence-corrected chi connectivity index (χ1v) is 8.85. The first kappa shape index (κ1) is 21.4. The molecule has 2 aromatic carbocycles. The number of carboxylic acid groups (broad SMARTS) is 1. The SMILES string of the molecule is C[C@@H](C(=O)O)N(C)CCCC1(c2ccc(F)cc2)OCc2ccccc21.Cl. The van der Waals surface area contributed by atoms with Crippen molar-refractivity contribution in [2.75, 3.05) is 13.6 Å². The minimum atomic E-state index is -0.830. The molecule has 0 saturated carbocycles. The van der Waals surface area contributed by atoms with Crippen LogP contribution in [0, 0.1) is 5.82 Å². The zero-order valence-corrected chi connectivity index (χ0v) is 16.3. The van der Waals surface area contributed by atoms with Gasteiger partial charge in [-0.05, 0) is 62.2 Å². The van der Waals surface area contributed by atoms with Crippen LogP contribution < -0.4 is 0 Å². The van der Waals surface area contributed by atoms with Crippen LogP contribution in [0.25, 0.3) is 0 Å². The first-order chi connectivity index (χ1) is 12.4. The fraction of sp³-hybridized carbons (Fsp3) is 0.381. The van der Waals surface area contributed by atoms with Gasteiger partial charge in [-0.1, -0.05) is 36.4 Å². The zero-order valence-electron chi connectivity index (χ0n) is 15.5. The summed E-state index contributed by atoms with van der Waals surface area (Å²) < 4.78 is 19.7. The van der Waals surface area contributed by atoms with Crippen LogP contribution in [0.3, 0.4) is 0 Å². The van der Waals surface area contributed by atoms with Gasteiger partial charge in [-0.2, -0.15) is 0 Å². The molecular formula is C21H25ClFNO3. The van der Waals surface area contributed by atoms with Crippen molar-refractivity contribution in [3.8, 4) is 0 Å². The van der Waals surface area contributed by atoms with Crippen molar-refractivity contribution < 1.29 is 19.0 Å². The lowest BCUT2D eigenvalue weighted by Gasteiger charge is -2.32. The van der Waals surface area contributed by atoms with Crippen LogP contribution in [0.1, 0.15) is 36.5 Å². The number of aliphatic carboxylic acids is 1. The second kappa shape index (κ2) is 8.83. The van der Waals surface area contributed by atoms with Crippen LogP contribution >= 0.6 is 12.4 Å². The van der Waals surface area contributed by atoms with Crippen LogP contribution in [-0.2, 0) is 21.7 Å². The molecule has 0 aliphatic carbocycles. The summed E-state index contributed by atoms with van der Waals surface area (Å²) in [4.78, 5) is 13.0. The third-order valence-corrected chi connectivity index (χ3v) is 5.30. The molecule has 2 aromatic rings. The van der Waals surface area contributed by atoms with E-state index in [1.54, 1.807) is 19.1 Å². The highest BCUT2D eigenvalue weighted by Gasteiger charge is 2.41. The smallest absolute Gasteiger partial charge is 0.320 e. The highest BCUT2D eigenvalue weighted by molar-refractivity contribution is 5.85. The first-order valence-electron chi connectivity index (χ1n) is 8.85. The monoisotopic (exact) mass is 393 g/mol. The maximum absolute atomic E-state index is 13.4. The number of fused-ring (bicyclic) bond motifs is 1. The van der Waals surface area contributed by atoms with Gasteiger partial charge >= 0.3 is 5.97 Å². The molecule has 0 aromatic heterocycles. The number of hydrogen-bond donors (Lipinski definition) is 1. The average Bonchev–Trinajstić information content (AvgIpc) is 3.01. The molecule has 0 radical (unpaired) electrons. The van der Waals surface area contributed by atoms with Crippen molar-refractivity contribution in [2.24, 2.45) is 0 Å². The van der Waals surface area contributed by atoms with E-state index >= 15 is 0 Å². The Morgan fingerprint density at radius 3 is 2.59 bits per heavy atom. The molecule has 146 valence electrons. The lowest BCUT2D eigenvalue weighted by molar-refractivity contribution is -0.142. The van der Waals surface area contributed by atoms with Crippen LogP contribution in [0.15, 0.2) is 48.5 Å². The number of likely N-dealkylation sites (N-methyl/N-ethyl adjacent to an activating group) is 1. The molecular weight excluding hydrogens is 369 g/mol. The summed E-state index contributed by atoms with van der Waals surface area (Å²) in [6, 6.07) is 14.0. The Bertz CT molecular complexity index is 783. The largest absolute Gasteiger partial charge is 0.480 e. The lowest BCUT2D eigenvalue weighted by Crippen LogP contribution is -2.37. The lowest BCUT2D eigenvalue weighted by atomic mass is 9.82. The van der Waals surface area contributed by atoms with E-state index in [4.69, 9.17) is 9.84 Å². The molecule has 1 unspecified atom stereocenters. The molecule has 3 rings (SSSR count). The average molecular weight is 394 g/mol. The van der Waals surface area contributed by atoms with Crippen molar-refractivity contribution in [3.05, 3.63) is 71.0 Å². The maximum atomic E-state index is 13.4. The van der Waals surface area contributed by atoms with Gasteiger partial charge in [-0.15, -0.1) is 12.4 Å². The number of carboxylic acids is 1. The zero-order chi connectivity index (χ0) is 18.7. The summed E-state index contributed by atoms with van der Waals surface area (Å²) in [6.07, 6.45) is 1.46. The van der Waals surface area contributed by atoms with E-state index in [1.165, 1.54) is 12.1 Å². The van der Waals surface area contributed by atoms with E-state index in [9.17, 15) is 9.18 Å². The van der Waals surface area contributed by atoms with Gasteiger partial charge in [-0.25, -0.2) is 4.39 Å². The fourth-order valence-corrected chi connectivity index (χ4v) is 3.59. The van der Waals surface area contributed by atoms with Gasteiger partial charge in [0.1, 0.15) is 17.5 Å². The van der Waals surface area contributed by atoms with Crippen molar-refractivity contribution >= 4 is 18.4 Å². The minimum absolute atomic E-state index is 0. The van der Waals surface area contributed by atoms with E-state index in [0.717, 1.165) is 23.1 Å². The number of rotatable bonds is 7. The van der Waals surface area contributed by atoms with E-state index in [0.29, 0.717) is 19.6 Å². The van der Waals surface area contributed by atoms with Crippen LogP contribution in [0.5, 0.6) is 0 Å².